The van der Waals surface area contributed by atoms with Crippen molar-refractivity contribution >= 4 is 23.0 Å². The number of pyridine rings is 1. The van der Waals surface area contributed by atoms with Crippen LogP contribution in [0.5, 0.6) is 0 Å². The van der Waals surface area contributed by atoms with Crippen molar-refractivity contribution < 1.29 is 13.6 Å². The molecule has 3 rings (SSSR count). The zero-order chi connectivity index (χ0) is 20.3. The number of nitrogens with one attached hydrogen (secondary N) is 3. The van der Waals surface area contributed by atoms with E-state index < -0.39 is 28.8 Å². The highest BCUT2D eigenvalue weighted by atomic mass is 19.1. The molecule has 6 nitrogen and oxygen atoms in total. The van der Waals surface area contributed by atoms with Crippen LogP contribution in [0, 0.1) is 17.0 Å². The van der Waals surface area contributed by atoms with Gasteiger partial charge in [0.25, 0.3) is 5.56 Å². The molecule has 5 N–H and O–H groups in total. The molecular formula is C21H20F2N4O2. The Morgan fingerprint density at radius 2 is 1.76 bits per heavy atom. The molecule has 0 radical (unpaired) electrons. The van der Waals surface area contributed by atoms with Crippen LogP contribution in [-0.2, 0) is 11.2 Å². The number of H-pyrrole nitrogens is 1. The number of aromatic nitrogens is 1. The van der Waals surface area contributed by atoms with Crippen molar-refractivity contribution in [1.29, 1.82) is 5.41 Å². The maximum Gasteiger partial charge on any atom is 0.259 e. The minimum absolute atomic E-state index is 0. The summed E-state index contributed by atoms with van der Waals surface area (Å²) in [5, 5.41) is 11.0. The normalized spacial score (nSPS) is 10.1. The topological polar surface area (TPSA) is 112 Å². The highest BCUT2D eigenvalue weighted by molar-refractivity contribution is 6.14. The van der Waals surface area contributed by atoms with Crippen molar-refractivity contribution in [2.45, 2.75) is 13.8 Å². The summed E-state index contributed by atoms with van der Waals surface area (Å²) >= 11 is 0. The molecule has 150 valence electrons. The van der Waals surface area contributed by atoms with Crippen LogP contribution in [0.4, 0.5) is 20.2 Å². The fourth-order valence-corrected chi connectivity index (χ4v) is 2.77. The summed E-state index contributed by atoms with van der Waals surface area (Å²) in [5.41, 5.74) is 4.90. The number of nitrogens with two attached hydrogens (primary N) is 1. The number of amides is 1. The van der Waals surface area contributed by atoms with Crippen molar-refractivity contribution in [2.24, 2.45) is 5.73 Å². The maximum atomic E-state index is 14.0. The fraction of sp³-hybridized carbons (Fsp3) is 0.0952. The molecule has 29 heavy (non-hydrogen) atoms. The first-order valence-electron chi connectivity index (χ1n) is 8.26. The molecule has 0 spiro atoms. The smallest absolute Gasteiger partial charge is 0.259 e. The van der Waals surface area contributed by atoms with Crippen molar-refractivity contribution in [1.82, 2.24) is 4.98 Å². The minimum atomic E-state index is -0.832. The number of carbonyl (C=O) groups is 1. The number of halogens is 2. The highest BCUT2D eigenvalue weighted by Crippen LogP contribution is 2.25. The first-order valence-corrected chi connectivity index (χ1v) is 8.26. The molecule has 0 saturated heterocycles. The summed E-state index contributed by atoms with van der Waals surface area (Å²) < 4.78 is 28.0. The molecule has 0 aliphatic heterocycles. The van der Waals surface area contributed by atoms with Gasteiger partial charge in [-0.2, -0.15) is 0 Å². The van der Waals surface area contributed by atoms with Crippen molar-refractivity contribution in [3.8, 4) is 0 Å². The number of carbonyl (C=O) groups excluding carboxylic acids is 1. The molecule has 0 saturated carbocycles. The van der Waals surface area contributed by atoms with Crippen LogP contribution in [0.15, 0.2) is 59.5 Å². The predicted molar refractivity (Wildman–Crippen MR) is 109 cm³/mol. The molecule has 1 amide bonds. The summed E-state index contributed by atoms with van der Waals surface area (Å²) in [7, 11) is 0. The van der Waals surface area contributed by atoms with Gasteiger partial charge >= 0.3 is 0 Å². The van der Waals surface area contributed by atoms with E-state index in [0.29, 0.717) is 11.1 Å². The standard InChI is InChI=1S/C20H16F2N4O2.CH4/c21-13-5-2-6-14(22)19(13)26-15-7-8-25-20(28)17(15)18(24)12-4-1-3-11(9-12)10-16(23)27;/h1-9,24H,10H2,(H2,23,27)(H2,25,26,28);1H4. The number of primary amides is 1. The average Bonchev–Trinajstić information content (AvgIpc) is 2.64. The van der Waals surface area contributed by atoms with E-state index in [4.69, 9.17) is 11.1 Å². The van der Waals surface area contributed by atoms with E-state index in [1.165, 1.54) is 18.3 Å². The number of hydrogen-bond donors (Lipinski definition) is 4. The molecule has 0 unspecified atom stereocenters. The lowest BCUT2D eigenvalue weighted by Crippen LogP contribution is -2.21. The second-order valence-electron chi connectivity index (χ2n) is 6.04. The van der Waals surface area contributed by atoms with E-state index >= 15 is 0 Å². The molecular weight excluding hydrogens is 378 g/mol. The first kappa shape index (κ1) is 21.5. The molecule has 0 bridgehead atoms. The highest BCUT2D eigenvalue weighted by Gasteiger charge is 2.17. The van der Waals surface area contributed by atoms with Gasteiger partial charge in [-0.05, 0) is 29.8 Å². The van der Waals surface area contributed by atoms with Crippen LogP contribution in [0.25, 0.3) is 0 Å². The van der Waals surface area contributed by atoms with E-state index in [2.05, 4.69) is 10.3 Å². The molecule has 1 aromatic heterocycles. The number of aromatic amines is 1. The third-order valence-corrected chi connectivity index (χ3v) is 4.03. The molecule has 0 fully saturated rings. The van der Waals surface area contributed by atoms with Gasteiger partial charge in [0, 0.05) is 11.8 Å². The Bertz CT molecular complexity index is 1110. The molecule has 0 aliphatic rings. The SMILES string of the molecule is C.N=C(c1cccc(CC(N)=O)c1)c1c(Nc2c(F)cccc2F)cc[nH]c1=O. The van der Waals surface area contributed by atoms with E-state index in [0.717, 1.165) is 12.1 Å². The quantitative estimate of drug-likeness (QED) is 0.477. The Hall–Kier alpha value is -3.81. The summed E-state index contributed by atoms with van der Waals surface area (Å²) in [4.78, 5) is 26.0. The Labute approximate surface area is 165 Å². The number of para-hydroxylation sites is 1. The lowest BCUT2D eigenvalue weighted by Gasteiger charge is -2.14. The van der Waals surface area contributed by atoms with Crippen LogP contribution in [0.1, 0.15) is 24.1 Å². The average molecular weight is 398 g/mol. The maximum absolute atomic E-state index is 14.0. The molecule has 8 heteroatoms. The van der Waals surface area contributed by atoms with Crippen LogP contribution >= 0.6 is 0 Å². The second kappa shape index (κ2) is 8.92. The van der Waals surface area contributed by atoms with E-state index in [-0.39, 0.29) is 30.8 Å². The molecule has 2 aromatic carbocycles. The summed E-state index contributed by atoms with van der Waals surface area (Å²) in [6.07, 6.45) is 1.29. The van der Waals surface area contributed by atoms with Crippen LogP contribution < -0.4 is 16.6 Å². The number of rotatable bonds is 6. The number of anilines is 2. The zero-order valence-electron chi connectivity index (χ0n) is 14.6. The van der Waals surface area contributed by atoms with Crippen molar-refractivity contribution in [3.63, 3.8) is 0 Å². The predicted octanol–water partition coefficient (Wildman–Crippen LogP) is 3.48. The van der Waals surface area contributed by atoms with Crippen molar-refractivity contribution in [2.75, 3.05) is 5.32 Å². The van der Waals surface area contributed by atoms with Gasteiger partial charge in [-0.3, -0.25) is 15.0 Å². The minimum Gasteiger partial charge on any atom is -0.369 e. The zero-order valence-corrected chi connectivity index (χ0v) is 14.6. The third kappa shape index (κ3) is 4.73. The third-order valence-electron chi connectivity index (χ3n) is 4.03. The Morgan fingerprint density at radius 3 is 2.41 bits per heavy atom. The van der Waals surface area contributed by atoms with Gasteiger partial charge in [0.2, 0.25) is 5.91 Å². The van der Waals surface area contributed by atoms with Gasteiger partial charge in [0.05, 0.1) is 23.4 Å². The lowest BCUT2D eigenvalue weighted by molar-refractivity contribution is -0.117. The lowest BCUT2D eigenvalue weighted by atomic mass is 9.99. The molecule has 0 atom stereocenters. The van der Waals surface area contributed by atoms with Gasteiger partial charge in [0.15, 0.2) is 0 Å². The molecule has 1 heterocycles. The summed E-state index contributed by atoms with van der Waals surface area (Å²) in [6.45, 7) is 0. The Morgan fingerprint density at radius 1 is 1.10 bits per heavy atom. The van der Waals surface area contributed by atoms with Crippen LogP contribution in [0.2, 0.25) is 0 Å². The van der Waals surface area contributed by atoms with Crippen LogP contribution in [0.3, 0.4) is 0 Å². The van der Waals surface area contributed by atoms with E-state index in [9.17, 15) is 18.4 Å². The summed E-state index contributed by atoms with van der Waals surface area (Å²) in [5.74, 6) is -2.19. The van der Waals surface area contributed by atoms with Gasteiger partial charge < -0.3 is 16.0 Å². The van der Waals surface area contributed by atoms with Crippen molar-refractivity contribution in [3.05, 3.63) is 93.4 Å². The first-order chi connectivity index (χ1) is 13.4. The Kier molecular flexibility index (Phi) is 6.61. The molecule has 3 aromatic rings. The largest absolute Gasteiger partial charge is 0.369 e. The van der Waals surface area contributed by atoms with Gasteiger partial charge in [-0.25, -0.2) is 8.78 Å². The Balaban J connectivity index is 0.00000300. The molecule has 0 aliphatic carbocycles. The number of benzene rings is 2. The van der Waals surface area contributed by atoms with Crippen LogP contribution in [-0.4, -0.2) is 16.6 Å². The number of hydrogen-bond acceptors (Lipinski definition) is 4. The van der Waals surface area contributed by atoms with Gasteiger partial charge in [-0.15, -0.1) is 0 Å². The van der Waals surface area contributed by atoms with E-state index in [1.54, 1.807) is 24.3 Å². The van der Waals surface area contributed by atoms with Gasteiger partial charge in [-0.1, -0.05) is 31.7 Å². The van der Waals surface area contributed by atoms with E-state index in [1.807, 2.05) is 0 Å². The monoisotopic (exact) mass is 398 g/mol. The fourth-order valence-electron chi connectivity index (χ4n) is 2.77. The summed E-state index contributed by atoms with van der Waals surface area (Å²) in [6, 6.07) is 11.2. The second-order valence-corrected chi connectivity index (χ2v) is 6.04. The van der Waals surface area contributed by atoms with Gasteiger partial charge in [0.1, 0.15) is 17.3 Å².